The van der Waals surface area contributed by atoms with Gasteiger partial charge < -0.3 is 28.8 Å². The van der Waals surface area contributed by atoms with E-state index >= 15 is 0 Å². The zero-order valence-electron chi connectivity index (χ0n) is 41.8. The van der Waals surface area contributed by atoms with Crippen molar-refractivity contribution in [3.63, 3.8) is 0 Å². The van der Waals surface area contributed by atoms with Crippen LogP contribution in [0, 0.1) is 0 Å². The van der Waals surface area contributed by atoms with Gasteiger partial charge in [0.1, 0.15) is 13.2 Å². The fourth-order valence-electron chi connectivity index (χ4n) is 7.29. The standard InChI is InChI=1S/C54H101N2O6P/c1-6-8-10-12-14-16-18-20-21-22-23-24-25-26-27-28-29-30-31-32-33-34-35-36-38-40-42-44-46-48-54(58)55-52(51-62-63(59,60)61-50-49-56(3,4)5)53(57)47-45-43-41-39-37-19-17-15-13-11-9-7-2/h18,20,22-23,25-26,37,39,45,47,52-53,57H,6-17,19,21,24,27-36,38,40-44,46,48-51H2,1-5H3,(H-,55,58,59,60)/b20-18-,23-22-,26-25-,39-37+,47-45+. The van der Waals surface area contributed by atoms with E-state index in [-0.39, 0.29) is 12.5 Å². The number of rotatable bonds is 47. The molecule has 0 rings (SSSR count). The van der Waals surface area contributed by atoms with E-state index < -0.39 is 26.6 Å². The highest BCUT2D eigenvalue weighted by atomic mass is 31.2. The van der Waals surface area contributed by atoms with Gasteiger partial charge in [-0.2, -0.15) is 0 Å². The van der Waals surface area contributed by atoms with E-state index in [0.717, 1.165) is 51.4 Å². The van der Waals surface area contributed by atoms with E-state index in [1.807, 2.05) is 27.2 Å². The molecule has 0 aliphatic heterocycles. The number of amides is 1. The number of hydrogen-bond acceptors (Lipinski definition) is 6. The highest BCUT2D eigenvalue weighted by Crippen LogP contribution is 2.38. The van der Waals surface area contributed by atoms with Crippen molar-refractivity contribution in [1.82, 2.24) is 5.32 Å². The van der Waals surface area contributed by atoms with Gasteiger partial charge in [0, 0.05) is 6.42 Å². The largest absolute Gasteiger partial charge is 0.756 e. The molecule has 0 fully saturated rings. The summed E-state index contributed by atoms with van der Waals surface area (Å²) in [7, 11) is 1.24. The summed E-state index contributed by atoms with van der Waals surface area (Å²) in [6.07, 6.45) is 60.1. The molecule has 3 atom stereocenters. The highest BCUT2D eigenvalue weighted by molar-refractivity contribution is 7.45. The number of carbonyl (C=O) groups is 1. The number of nitrogens with zero attached hydrogens (tertiary/aromatic N) is 1. The Morgan fingerprint density at radius 1 is 0.556 bits per heavy atom. The molecular weight excluding hydrogens is 804 g/mol. The lowest BCUT2D eigenvalue weighted by Gasteiger charge is -2.29. The molecule has 0 aromatic carbocycles. The molecular formula is C54H101N2O6P. The Balaban J connectivity index is 4.15. The Kier molecular flexibility index (Phi) is 44.1. The maximum atomic E-state index is 12.9. The second kappa shape index (κ2) is 45.4. The molecule has 368 valence electrons. The third-order valence-electron chi connectivity index (χ3n) is 11.4. The number of unbranched alkanes of at least 4 members (excludes halogenated alkanes) is 26. The fourth-order valence-corrected chi connectivity index (χ4v) is 8.02. The lowest BCUT2D eigenvalue weighted by atomic mass is 10.0. The number of nitrogens with one attached hydrogen (secondary N) is 1. The van der Waals surface area contributed by atoms with E-state index in [9.17, 15) is 19.4 Å². The van der Waals surface area contributed by atoms with Crippen molar-refractivity contribution in [2.75, 3.05) is 40.9 Å². The van der Waals surface area contributed by atoms with Gasteiger partial charge in [-0.1, -0.05) is 209 Å². The molecule has 0 bridgehead atoms. The van der Waals surface area contributed by atoms with Crippen molar-refractivity contribution in [2.24, 2.45) is 0 Å². The third-order valence-corrected chi connectivity index (χ3v) is 12.4. The van der Waals surface area contributed by atoms with E-state index in [1.165, 1.54) is 154 Å². The van der Waals surface area contributed by atoms with Crippen LogP contribution in [0.25, 0.3) is 0 Å². The van der Waals surface area contributed by atoms with Crippen LogP contribution >= 0.6 is 7.82 Å². The molecule has 0 aromatic rings. The van der Waals surface area contributed by atoms with Gasteiger partial charge >= 0.3 is 0 Å². The van der Waals surface area contributed by atoms with Gasteiger partial charge in [-0.15, -0.1) is 0 Å². The van der Waals surface area contributed by atoms with Crippen molar-refractivity contribution in [2.45, 2.75) is 238 Å². The smallest absolute Gasteiger partial charge is 0.268 e. The van der Waals surface area contributed by atoms with Gasteiger partial charge in [-0.3, -0.25) is 9.36 Å². The number of carbonyl (C=O) groups excluding carboxylic acids is 1. The fraction of sp³-hybridized carbons (Fsp3) is 0.796. The van der Waals surface area contributed by atoms with Crippen LogP contribution < -0.4 is 10.2 Å². The summed E-state index contributed by atoms with van der Waals surface area (Å²) in [4.78, 5) is 25.4. The number of quaternary nitrogens is 1. The van der Waals surface area contributed by atoms with Crippen LogP contribution in [0.5, 0.6) is 0 Å². The summed E-state index contributed by atoms with van der Waals surface area (Å²) in [5.74, 6) is -0.210. The van der Waals surface area contributed by atoms with Crippen molar-refractivity contribution in [3.8, 4) is 0 Å². The van der Waals surface area contributed by atoms with Crippen LogP contribution in [0.15, 0.2) is 60.8 Å². The highest BCUT2D eigenvalue weighted by Gasteiger charge is 2.23. The van der Waals surface area contributed by atoms with Crippen molar-refractivity contribution in [1.29, 1.82) is 0 Å². The van der Waals surface area contributed by atoms with Crippen LogP contribution in [0.4, 0.5) is 0 Å². The molecule has 0 aliphatic rings. The Labute approximate surface area is 390 Å². The van der Waals surface area contributed by atoms with E-state index in [1.54, 1.807) is 6.08 Å². The number of likely N-dealkylation sites (N-methyl/N-ethyl adjacent to an activating group) is 1. The molecule has 0 saturated carbocycles. The molecule has 1 amide bonds. The molecule has 0 saturated heterocycles. The molecule has 9 heteroatoms. The molecule has 0 heterocycles. The summed E-state index contributed by atoms with van der Waals surface area (Å²) in [5, 5.41) is 13.8. The molecule has 0 radical (unpaired) electrons. The minimum Gasteiger partial charge on any atom is -0.756 e. The molecule has 63 heavy (non-hydrogen) atoms. The van der Waals surface area contributed by atoms with Gasteiger partial charge in [0.25, 0.3) is 7.82 Å². The first kappa shape index (κ1) is 61.2. The molecule has 8 nitrogen and oxygen atoms in total. The first-order chi connectivity index (χ1) is 30.5. The Morgan fingerprint density at radius 3 is 1.40 bits per heavy atom. The molecule has 0 aromatic heterocycles. The summed E-state index contributed by atoms with van der Waals surface area (Å²) >= 11 is 0. The monoisotopic (exact) mass is 905 g/mol. The number of aliphatic hydroxyl groups is 1. The van der Waals surface area contributed by atoms with Crippen LogP contribution in [-0.2, 0) is 18.4 Å². The SMILES string of the molecule is CCCCCCC/C=C\C/C=C\C/C=C\CCCCCCCCCCCCCCCCC(=O)NC(COP(=O)([O-])OCC[N+](C)(C)C)C(O)/C=C/CC/C=C/CCCCCCCC. The van der Waals surface area contributed by atoms with Gasteiger partial charge in [-0.05, 0) is 70.6 Å². The van der Waals surface area contributed by atoms with Gasteiger partial charge in [0.15, 0.2) is 0 Å². The predicted molar refractivity (Wildman–Crippen MR) is 270 cm³/mol. The maximum Gasteiger partial charge on any atom is 0.268 e. The maximum absolute atomic E-state index is 12.9. The minimum atomic E-state index is -4.60. The van der Waals surface area contributed by atoms with Crippen LogP contribution in [0.1, 0.15) is 226 Å². The summed E-state index contributed by atoms with van der Waals surface area (Å²) in [6.45, 7) is 4.59. The lowest BCUT2D eigenvalue weighted by molar-refractivity contribution is -0.870. The Bertz CT molecular complexity index is 1210. The second-order valence-electron chi connectivity index (χ2n) is 18.9. The first-order valence-corrected chi connectivity index (χ1v) is 27.6. The lowest BCUT2D eigenvalue weighted by Crippen LogP contribution is -2.45. The zero-order valence-corrected chi connectivity index (χ0v) is 42.7. The molecule has 0 aliphatic carbocycles. The van der Waals surface area contributed by atoms with Crippen molar-refractivity contribution >= 4 is 13.7 Å². The summed E-state index contributed by atoms with van der Waals surface area (Å²) < 4.78 is 23.2. The van der Waals surface area contributed by atoms with E-state index in [2.05, 4.69) is 67.8 Å². The minimum absolute atomic E-state index is 0.00794. The predicted octanol–water partition coefficient (Wildman–Crippen LogP) is 14.7. The van der Waals surface area contributed by atoms with E-state index in [0.29, 0.717) is 17.4 Å². The Hall–Kier alpha value is -1.80. The summed E-state index contributed by atoms with van der Waals surface area (Å²) in [6, 6.07) is -0.904. The third kappa shape index (κ3) is 48.0. The zero-order chi connectivity index (χ0) is 46.4. The van der Waals surface area contributed by atoms with Gasteiger partial charge in [-0.25, -0.2) is 0 Å². The van der Waals surface area contributed by atoms with Gasteiger partial charge in [0.2, 0.25) is 5.91 Å². The molecule has 0 spiro atoms. The number of aliphatic hydroxyl groups excluding tert-OH is 1. The molecule has 3 unspecified atom stereocenters. The van der Waals surface area contributed by atoms with Crippen LogP contribution in [-0.4, -0.2) is 68.5 Å². The van der Waals surface area contributed by atoms with Crippen LogP contribution in [0.2, 0.25) is 0 Å². The number of hydrogen-bond donors (Lipinski definition) is 2. The first-order valence-electron chi connectivity index (χ1n) is 26.2. The summed E-state index contributed by atoms with van der Waals surface area (Å²) in [5.41, 5.74) is 0. The van der Waals surface area contributed by atoms with Crippen molar-refractivity contribution in [3.05, 3.63) is 60.8 Å². The van der Waals surface area contributed by atoms with Gasteiger partial charge in [0.05, 0.1) is 39.9 Å². The van der Waals surface area contributed by atoms with E-state index in [4.69, 9.17) is 9.05 Å². The number of phosphoric acid groups is 1. The van der Waals surface area contributed by atoms with Crippen molar-refractivity contribution < 1.29 is 32.9 Å². The van der Waals surface area contributed by atoms with Crippen LogP contribution in [0.3, 0.4) is 0 Å². The normalized spacial score (nSPS) is 14.6. The number of allylic oxidation sites excluding steroid dienone is 9. The number of phosphoric ester groups is 1. The second-order valence-corrected chi connectivity index (χ2v) is 20.3. The Morgan fingerprint density at radius 2 is 0.937 bits per heavy atom. The molecule has 2 N–H and O–H groups in total. The average molecular weight is 905 g/mol. The quantitative estimate of drug-likeness (QED) is 0.0273. The topological polar surface area (TPSA) is 108 Å². The average Bonchev–Trinajstić information content (AvgIpc) is 3.24.